The molecule has 2 unspecified atom stereocenters. The highest BCUT2D eigenvalue weighted by atomic mass is 16.5. The van der Waals surface area contributed by atoms with Crippen molar-refractivity contribution in [2.75, 3.05) is 0 Å². The highest BCUT2D eigenvalue weighted by molar-refractivity contribution is 5.66. The fraction of sp³-hybridized carbons (Fsp3) is 0.933. The maximum Gasteiger partial charge on any atom is 0.302 e. The first kappa shape index (κ1) is 16.5. The van der Waals surface area contributed by atoms with Crippen molar-refractivity contribution in [2.45, 2.75) is 79.2 Å². The van der Waals surface area contributed by atoms with Crippen LogP contribution in [0.4, 0.5) is 0 Å². The maximum atomic E-state index is 10.7. The summed E-state index contributed by atoms with van der Waals surface area (Å²) in [4.78, 5) is 10.7. The lowest BCUT2D eigenvalue weighted by Crippen LogP contribution is -2.12. The largest absolute Gasteiger partial charge is 0.463 e. The summed E-state index contributed by atoms with van der Waals surface area (Å²) in [6.07, 6.45) is 7.51. The zero-order valence-electron chi connectivity index (χ0n) is 12.3. The van der Waals surface area contributed by atoms with Crippen LogP contribution in [0.15, 0.2) is 0 Å². The van der Waals surface area contributed by atoms with E-state index in [1.165, 1.54) is 32.6 Å². The number of ether oxygens (including phenoxy) is 1. The average Bonchev–Trinajstić information content (AvgIpc) is 2.15. The lowest BCUT2D eigenvalue weighted by molar-refractivity contribution is -0.145. The van der Waals surface area contributed by atoms with Crippen LogP contribution in [-0.2, 0) is 9.53 Å². The van der Waals surface area contributed by atoms with Crippen molar-refractivity contribution in [3.05, 3.63) is 0 Å². The summed E-state index contributed by atoms with van der Waals surface area (Å²) in [7, 11) is 0. The Bertz CT molecular complexity index is 199. The van der Waals surface area contributed by atoms with Gasteiger partial charge in [0.2, 0.25) is 0 Å². The SMILES string of the molecule is CC(=O)OC(C)CCCC(C)CCCC(C)C. The molecule has 0 N–H and O–H groups in total. The van der Waals surface area contributed by atoms with E-state index in [1.807, 2.05) is 6.92 Å². The quantitative estimate of drug-likeness (QED) is 0.554. The van der Waals surface area contributed by atoms with Crippen molar-refractivity contribution in [3.8, 4) is 0 Å². The summed E-state index contributed by atoms with van der Waals surface area (Å²) in [5, 5.41) is 0. The van der Waals surface area contributed by atoms with Crippen LogP contribution in [0.3, 0.4) is 0 Å². The summed E-state index contributed by atoms with van der Waals surface area (Å²) in [5.41, 5.74) is 0. The molecule has 0 heterocycles. The topological polar surface area (TPSA) is 26.3 Å². The molecule has 0 aromatic carbocycles. The molecule has 0 saturated carbocycles. The lowest BCUT2D eigenvalue weighted by atomic mass is 9.95. The third kappa shape index (κ3) is 11.7. The van der Waals surface area contributed by atoms with E-state index in [4.69, 9.17) is 4.74 Å². The first-order chi connectivity index (χ1) is 7.91. The number of rotatable bonds is 9. The highest BCUT2D eigenvalue weighted by Crippen LogP contribution is 2.18. The normalized spacial score (nSPS) is 14.7. The van der Waals surface area contributed by atoms with Crippen molar-refractivity contribution in [2.24, 2.45) is 11.8 Å². The molecule has 2 atom stereocenters. The van der Waals surface area contributed by atoms with Crippen molar-refractivity contribution in [3.63, 3.8) is 0 Å². The number of carbonyl (C=O) groups is 1. The van der Waals surface area contributed by atoms with Crippen molar-refractivity contribution in [1.29, 1.82) is 0 Å². The Morgan fingerprint density at radius 1 is 0.941 bits per heavy atom. The molecular weight excluding hydrogens is 212 g/mol. The number of esters is 1. The lowest BCUT2D eigenvalue weighted by Gasteiger charge is -2.15. The Labute approximate surface area is 107 Å². The smallest absolute Gasteiger partial charge is 0.302 e. The Morgan fingerprint density at radius 2 is 1.47 bits per heavy atom. The van der Waals surface area contributed by atoms with Gasteiger partial charge in [-0.15, -0.1) is 0 Å². The van der Waals surface area contributed by atoms with Gasteiger partial charge in [-0.2, -0.15) is 0 Å². The molecular formula is C15H30O2. The molecule has 0 aromatic rings. The molecule has 2 nitrogen and oxygen atoms in total. The van der Waals surface area contributed by atoms with Gasteiger partial charge in [-0.25, -0.2) is 0 Å². The van der Waals surface area contributed by atoms with E-state index < -0.39 is 0 Å². The molecule has 0 saturated heterocycles. The summed E-state index contributed by atoms with van der Waals surface area (Å²) in [6, 6.07) is 0. The van der Waals surface area contributed by atoms with E-state index >= 15 is 0 Å². The van der Waals surface area contributed by atoms with Gasteiger partial charge in [0.05, 0.1) is 6.10 Å². The molecule has 0 aliphatic heterocycles. The monoisotopic (exact) mass is 242 g/mol. The zero-order valence-corrected chi connectivity index (χ0v) is 12.3. The second-order valence-corrected chi connectivity index (χ2v) is 5.78. The number of hydrogen-bond acceptors (Lipinski definition) is 2. The van der Waals surface area contributed by atoms with Gasteiger partial charge >= 0.3 is 5.97 Å². The van der Waals surface area contributed by atoms with E-state index in [2.05, 4.69) is 20.8 Å². The molecule has 0 aliphatic carbocycles. The molecule has 0 aromatic heterocycles. The van der Waals surface area contributed by atoms with Crippen molar-refractivity contribution < 1.29 is 9.53 Å². The first-order valence-corrected chi connectivity index (χ1v) is 7.09. The fourth-order valence-electron chi connectivity index (χ4n) is 2.11. The van der Waals surface area contributed by atoms with Crippen molar-refractivity contribution >= 4 is 5.97 Å². The maximum absolute atomic E-state index is 10.7. The fourth-order valence-corrected chi connectivity index (χ4v) is 2.11. The van der Waals surface area contributed by atoms with E-state index in [1.54, 1.807) is 0 Å². The minimum Gasteiger partial charge on any atom is -0.463 e. The number of hydrogen-bond donors (Lipinski definition) is 0. The van der Waals surface area contributed by atoms with Crippen molar-refractivity contribution in [1.82, 2.24) is 0 Å². The van der Waals surface area contributed by atoms with Gasteiger partial charge in [0.1, 0.15) is 0 Å². The second kappa shape index (κ2) is 9.49. The van der Waals surface area contributed by atoms with Gasteiger partial charge in [-0.05, 0) is 31.6 Å². The van der Waals surface area contributed by atoms with E-state index in [0.29, 0.717) is 0 Å². The Morgan fingerprint density at radius 3 is 1.94 bits per heavy atom. The highest BCUT2D eigenvalue weighted by Gasteiger charge is 2.07. The molecule has 2 heteroatoms. The summed E-state index contributed by atoms with van der Waals surface area (Å²) in [5.74, 6) is 1.46. The van der Waals surface area contributed by atoms with Gasteiger partial charge in [0, 0.05) is 6.92 Å². The standard InChI is InChI=1S/C15H30O2/c1-12(2)8-6-9-13(3)10-7-11-14(4)17-15(5)16/h12-14H,6-11H2,1-5H3. The predicted octanol–water partition coefficient (Wildman–Crippen LogP) is 4.57. The van der Waals surface area contributed by atoms with Gasteiger partial charge in [0.25, 0.3) is 0 Å². The summed E-state index contributed by atoms with van der Waals surface area (Å²) in [6.45, 7) is 10.4. The van der Waals surface area contributed by atoms with Crippen LogP contribution in [0, 0.1) is 11.8 Å². The molecule has 102 valence electrons. The average molecular weight is 242 g/mol. The summed E-state index contributed by atoms with van der Waals surface area (Å²) >= 11 is 0. The Hall–Kier alpha value is -0.530. The van der Waals surface area contributed by atoms with E-state index in [-0.39, 0.29) is 12.1 Å². The third-order valence-electron chi connectivity index (χ3n) is 3.15. The summed E-state index contributed by atoms with van der Waals surface area (Å²) < 4.78 is 5.11. The van der Waals surface area contributed by atoms with Crippen LogP contribution in [0.25, 0.3) is 0 Å². The minimum absolute atomic E-state index is 0.0790. The van der Waals surface area contributed by atoms with Gasteiger partial charge in [-0.3, -0.25) is 4.79 Å². The Kier molecular flexibility index (Phi) is 9.20. The van der Waals surface area contributed by atoms with Crippen LogP contribution >= 0.6 is 0 Å². The van der Waals surface area contributed by atoms with E-state index in [9.17, 15) is 4.79 Å². The Balaban J connectivity index is 3.44. The molecule has 17 heavy (non-hydrogen) atoms. The third-order valence-corrected chi connectivity index (χ3v) is 3.15. The molecule has 0 aliphatic rings. The minimum atomic E-state index is -0.164. The van der Waals surface area contributed by atoms with E-state index in [0.717, 1.165) is 24.7 Å². The molecule has 0 bridgehead atoms. The number of carbonyl (C=O) groups excluding carboxylic acids is 1. The first-order valence-electron chi connectivity index (χ1n) is 7.09. The zero-order chi connectivity index (χ0) is 13.3. The van der Waals surface area contributed by atoms with Crippen LogP contribution in [0.1, 0.15) is 73.1 Å². The van der Waals surface area contributed by atoms with Crippen LogP contribution in [0.2, 0.25) is 0 Å². The molecule has 0 rings (SSSR count). The van der Waals surface area contributed by atoms with Crippen LogP contribution in [0.5, 0.6) is 0 Å². The van der Waals surface area contributed by atoms with Gasteiger partial charge < -0.3 is 4.74 Å². The second-order valence-electron chi connectivity index (χ2n) is 5.78. The molecule has 0 amide bonds. The molecule has 0 spiro atoms. The molecule has 0 fully saturated rings. The van der Waals surface area contributed by atoms with Gasteiger partial charge in [0.15, 0.2) is 0 Å². The van der Waals surface area contributed by atoms with Crippen LogP contribution < -0.4 is 0 Å². The predicted molar refractivity (Wildman–Crippen MR) is 72.9 cm³/mol. The molecule has 0 radical (unpaired) electrons. The van der Waals surface area contributed by atoms with Crippen LogP contribution in [-0.4, -0.2) is 12.1 Å². The van der Waals surface area contributed by atoms with Gasteiger partial charge in [-0.1, -0.05) is 46.5 Å².